The molecule has 1 N–H and O–H groups in total. The molecule has 1 unspecified atom stereocenters. The van der Waals surface area contributed by atoms with Crippen molar-refractivity contribution >= 4 is 16.9 Å². The smallest absolute Gasteiger partial charge is 0.228 e. The summed E-state index contributed by atoms with van der Waals surface area (Å²) >= 11 is 0. The van der Waals surface area contributed by atoms with Crippen molar-refractivity contribution in [2.75, 3.05) is 19.0 Å². The van der Waals surface area contributed by atoms with Crippen LogP contribution in [0.1, 0.15) is 35.9 Å². The maximum absolute atomic E-state index is 5.67. The number of hydrogen-bond donors (Lipinski definition) is 1. The largest absolute Gasteiger partial charge is 0.385 e. The molecule has 0 radical (unpaired) electrons. The Balaban J connectivity index is 2.08. The summed E-state index contributed by atoms with van der Waals surface area (Å²) in [5, 5.41) is 7.74. The summed E-state index contributed by atoms with van der Waals surface area (Å²) in [6.07, 6.45) is 0.873. The second-order valence-corrected chi connectivity index (χ2v) is 6.93. The van der Waals surface area contributed by atoms with Gasteiger partial charge in [-0.15, -0.1) is 0 Å². The normalized spacial score (nSPS) is 12.5. The van der Waals surface area contributed by atoms with Crippen LogP contribution in [0.5, 0.6) is 0 Å². The molecule has 0 aliphatic heterocycles. The van der Waals surface area contributed by atoms with Gasteiger partial charge in [0.05, 0.1) is 0 Å². The summed E-state index contributed by atoms with van der Waals surface area (Å²) in [6, 6.07) is 4.51. The van der Waals surface area contributed by atoms with Gasteiger partial charge >= 0.3 is 0 Å². The van der Waals surface area contributed by atoms with Crippen LogP contribution in [0.25, 0.3) is 22.4 Å². The number of benzene rings is 1. The summed E-state index contributed by atoms with van der Waals surface area (Å²) in [4.78, 5) is 9.13. The zero-order valence-electron chi connectivity index (χ0n) is 16.3. The third-order valence-electron chi connectivity index (χ3n) is 4.48. The lowest BCUT2D eigenvalue weighted by atomic mass is 9.97. The molecule has 2 heterocycles. The molecule has 0 bridgehead atoms. The van der Waals surface area contributed by atoms with Gasteiger partial charge in [0.25, 0.3) is 0 Å². The van der Waals surface area contributed by atoms with E-state index in [0.29, 0.717) is 23.8 Å². The number of fused-ring (bicyclic) bond motifs is 1. The monoisotopic (exact) mass is 354 g/mol. The third-order valence-corrected chi connectivity index (χ3v) is 4.48. The highest BCUT2D eigenvalue weighted by Gasteiger charge is 2.21. The van der Waals surface area contributed by atoms with Crippen molar-refractivity contribution in [1.29, 1.82) is 0 Å². The lowest BCUT2D eigenvalue weighted by Gasteiger charge is -2.14. The highest BCUT2D eigenvalue weighted by Crippen LogP contribution is 2.34. The Hall–Kier alpha value is -2.47. The minimum atomic E-state index is 0.198. The van der Waals surface area contributed by atoms with E-state index >= 15 is 0 Å². The van der Waals surface area contributed by atoms with Crippen molar-refractivity contribution in [2.45, 2.75) is 47.1 Å². The molecule has 138 valence electrons. The van der Waals surface area contributed by atoms with Gasteiger partial charge in [-0.25, -0.2) is 9.97 Å². The average Bonchev–Trinajstić information content (AvgIpc) is 2.95. The van der Waals surface area contributed by atoms with Gasteiger partial charge in [-0.2, -0.15) is 0 Å². The van der Waals surface area contributed by atoms with Crippen LogP contribution >= 0.6 is 0 Å². The third kappa shape index (κ3) is 3.55. The Kier molecular flexibility index (Phi) is 5.23. The number of aryl methyl sites for hydroxylation is 4. The van der Waals surface area contributed by atoms with Crippen molar-refractivity contribution in [1.82, 2.24) is 15.1 Å². The lowest BCUT2D eigenvalue weighted by Crippen LogP contribution is -2.18. The number of rotatable bonds is 6. The van der Waals surface area contributed by atoms with E-state index in [1.54, 1.807) is 7.11 Å². The molecule has 0 amide bonds. The van der Waals surface area contributed by atoms with Crippen molar-refractivity contribution in [3.63, 3.8) is 0 Å². The molecule has 0 saturated carbocycles. The predicted molar refractivity (Wildman–Crippen MR) is 104 cm³/mol. The quantitative estimate of drug-likeness (QED) is 0.709. The lowest BCUT2D eigenvalue weighted by molar-refractivity contribution is 0.191. The molecule has 26 heavy (non-hydrogen) atoms. The van der Waals surface area contributed by atoms with Crippen LogP contribution in [0.2, 0.25) is 0 Å². The first kappa shape index (κ1) is 18.3. The van der Waals surface area contributed by atoms with Crippen molar-refractivity contribution in [2.24, 2.45) is 0 Å². The SMILES string of the molecule is COCCC(C)Nc1nc(C)nc2c(-c3c(C)cc(C)cc3C)noc12. The number of hydrogen-bond acceptors (Lipinski definition) is 6. The number of nitrogens with one attached hydrogen (secondary N) is 1. The molecular weight excluding hydrogens is 328 g/mol. The molecular formula is C20H26N4O2. The van der Waals surface area contributed by atoms with Gasteiger partial charge in [-0.05, 0) is 52.2 Å². The number of methoxy groups -OCH3 is 1. The molecule has 3 rings (SSSR count). The highest BCUT2D eigenvalue weighted by molar-refractivity contribution is 5.95. The maximum Gasteiger partial charge on any atom is 0.228 e. The van der Waals surface area contributed by atoms with Gasteiger partial charge in [-0.1, -0.05) is 22.9 Å². The highest BCUT2D eigenvalue weighted by atomic mass is 16.5. The molecule has 0 fully saturated rings. The topological polar surface area (TPSA) is 73.1 Å². The van der Waals surface area contributed by atoms with Gasteiger partial charge < -0.3 is 14.6 Å². The zero-order valence-corrected chi connectivity index (χ0v) is 16.3. The fraction of sp³-hybridized carbons (Fsp3) is 0.450. The van der Waals surface area contributed by atoms with Gasteiger partial charge in [-0.3, -0.25) is 0 Å². The van der Waals surface area contributed by atoms with Gasteiger partial charge in [0.2, 0.25) is 5.58 Å². The molecule has 0 aliphatic carbocycles. The summed E-state index contributed by atoms with van der Waals surface area (Å²) in [7, 11) is 1.70. The number of ether oxygens (including phenoxy) is 1. The Bertz CT molecular complexity index is 910. The van der Waals surface area contributed by atoms with Crippen molar-refractivity contribution in [3.8, 4) is 11.3 Å². The van der Waals surface area contributed by atoms with Gasteiger partial charge in [0.1, 0.15) is 17.0 Å². The first-order chi connectivity index (χ1) is 12.4. The van der Waals surface area contributed by atoms with Crippen LogP contribution in [-0.4, -0.2) is 34.9 Å². The minimum Gasteiger partial charge on any atom is -0.385 e. The van der Waals surface area contributed by atoms with Crippen molar-refractivity contribution < 1.29 is 9.26 Å². The Morgan fingerprint density at radius 1 is 1.12 bits per heavy atom. The van der Waals surface area contributed by atoms with Crippen LogP contribution < -0.4 is 5.32 Å². The van der Waals surface area contributed by atoms with Crippen LogP contribution in [-0.2, 0) is 4.74 Å². The fourth-order valence-electron chi connectivity index (χ4n) is 3.36. The molecule has 0 aliphatic rings. The van der Waals surface area contributed by atoms with E-state index in [1.165, 1.54) is 5.56 Å². The summed E-state index contributed by atoms with van der Waals surface area (Å²) in [5.74, 6) is 1.36. The zero-order chi connectivity index (χ0) is 18.8. The first-order valence-electron chi connectivity index (χ1n) is 8.88. The van der Waals surface area contributed by atoms with E-state index in [1.807, 2.05) is 6.92 Å². The van der Waals surface area contributed by atoms with Gasteiger partial charge in [0.15, 0.2) is 5.82 Å². The van der Waals surface area contributed by atoms with E-state index < -0.39 is 0 Å². The second kappa shape index (κ2) is 7.41. The van der Waals surface area contributed by atoms with E-state index in [4.69, 9.17) is 9.26 Å². The number of aromatic nitrogens is 3. The molecule has 6 heteroatoms. The van der Waals surface area contributed by atoms with E-state index in [2.05, 4.69) is 60.3 Å². The molecule has 1 atom stereocenters. The summed E-state index contributed by atoms with van der Waals surface area (Å²) < 4.78 is 10.8. The fourth-order valence-corrected chi connectivity index (χ4v) is 3.36. The minimum absolute atomic E-state index is 0.198. The van der Waals surface area contributed by atoms with E-state index in [0.717, 1.165) is 34.3 Å². The molecule has 3 aromatic rings. The second-order valence-electron chi connectivity index (χ2n) is 6.93. The maximum atomic E-state index is 5.67. The van der Waals surface area contributed by atoms with Crippen LogP contribution in [0.3, 0.4) is 0 Å². The number of anilines is 1. The molecule has 0 saturated heterocycles. The van der Waals surface area contributed by atoms with Crippen molar-refractivity contribution in [3.05, 3.63) is 34.6 Å². The van der Waals surface area contributed by atoms with Gasteiger partial charge in [0, 0.05) is 25.3 Å². The Morgan fingerprint density at radius 2 is 1.81 bits per heavy atom. The standard InChI is InChI=1S/C20H26N4O2/c1-11-9-12(2)16(13(3)10-11)17-18-19(26-24-17)20(23-15(5)22-18)21-14(4)7-8-25-6/h9-10,14H,7-8H2,1-6H3,(H,21,22,23). The Labute approximate surface area is 154 Å². The number of nitrogens with zero attached hydrogens (tertiary/aromatic N) is 3. The molecule has 2 aromatic heterocycles. The van der Waals surface area contributed by atoms with E-state index in [-0.39, 0.29) is 6.04 Å². The van der Waals surface area contributed by atoms with Crippen LogP contribution in [0, 0.1) is 27.7 Å². The van der Waals surface area contributed by atoms with Crippen LogP contribution in [0.15, 0.2) is 16.7 Å². The summed E-state index contributed by atoms with van der Waals surface area (Å²) in [5.41, 5.74) is 6.74. The van der Waals surface area contributed by atoms with Crippen LogP contribution in [0.4, 0.5) is 5.82 Å². The first-order valence-corrected chi connectivity index (χ1v) is 8.88. The predicted octanol–water partition coefficient (Wildman–Crippen LogP) is 4.36. The summed E-state index contributed by atoms with van der Waals surface area (Å²) in [6.45, 7) is 10.9. The Morgan fingerprint density at radius 3 is 2.46 bits per heavy atom. The van der Waals surface area contributed by atoms with E-state index in [9.17, 15) is 0 Å². The molecule has 0 spiro atoms. The molecule has 1 aromatic carbocycles. The average molecular weight is 354 g/mol. The molecule has 6 nitrogen and oxygen atoms in total.